The number of amides is 1. The van der Waals surface area contributed by atoms with Crippen molar-refractivity contribution < 1.29 is 22.7 Å². The number of carbonyl (C=O) groups excluding carboxylic acids is 1. The first kappa shape index (κ1) is 23.9. The van der Waals surface area contributed by atoms with E-state index in [0.717, 1.165) is 70.2 Å². The lowest BCUT2D eigenvalue weighted by atomic mass is 9.85. The molecule has 3 rings (SSSR count). The molecular formula is C22H35N3O5S. The quantitative estimate of drug-likeness (QED) is 0.672. The highest BCUT2D eigenvalue weighted by Gasteiger charge is 2.29. The van der Waals surface area contributed by atoms with Crippen LogP contribution < -0.4 is 0 Å². The molecule has 1 aliphatic carbocycles. The van der Waals surface area contributed by atoms with E-state index in [1.807, 2.05) is 20.8 Å². The Labute approximate surface area is 185 Å². The van der Waals surface area contributed by atoms with Crippen LogP contribution in [0.4, 0.5) is 4.79 Å². The zero-order chi connectivity index (χ0) is 22.6. The second kappa shape index (κ2) is 9.81. The number of piperidine rings is 1. The molecule has 0 bridgehead atoms. The summed E-state index contributed by atoms with van der Waals surface area (Å²) in [4.78, 5) is 22.4. The van der Waals surface area contributed by atoms with E-state index in [1.54, 1.807) is 11.1 Å². The van der Waals surface area contributed by atoms with Crippen molar-refractivity contribution in [2.24, 2.45) is 5.92 Å². The molecule has 8 nitrogen and oxygen atoms in total. The van der Waals surface area contributed by atoms with Crippen LogP contribution in [0.3, 0.4) is 0 Å². The van der Waals surface area contributed by atoms with Gasteiger partial charge < -0.3 is 14.4 Å². The molecule has 31 heavy (non-hydrogen) atoms. The molecule has 1 aromatic heterocycles. The van der Waals surface area contributed by atoms with Crippen molar-refractivity contribution in [3.63, 3.8) is 0 Å². The van der Waals surface area contributed by atoms with Crippen LogP contribution in [0, 0.1) is 5.92 Å². The summed E-state index contributed by atoms with van der Waals surface area (Å²) in [6.45, 7) is 7.84. The molecule has 0 aromatic carbocycles. The molecule has 0 spiro atoms. The average Bonchev–Trinajstić information content (AvgIpc) is 2.71. The number of rotatable bonds is 5. The van der Waals surface area contributed by atoms with Crippen molar-refractivity contribution in [1.29, 1.82) is 0 Å². The Balaban J connectivity index is 1.37. The monoisotopic (exact) mass is 453 g/mol. The molecule has 0 N–H and O–H groups in total. The van der Waals surface area contributed by atoms with Gasteiger partial charge in [0.2, 0.25) is 0 Å². The van der Waals surface area contributed by atoms with Gasteiger partial charge in [0.25, 0.3) is 0 Å². The van der Waals surface area contributed by atoms with Crippen molar-refractivity contribution in [3.8, 4) is 0 Å². The van der Waals surface area contributed by atoms with Gasteiger partial charge in [0, 0.05) is 31.9 Å². The summed E-state index contributed by atoms with van der Waals surface area (Å²) in [6, 6.07) is 0. The molecule has 1 saturated heterocycles. The third-order valence-electron chi connectivity index (χ3n) is 5.95. The lowest BCUT2D eigenvalue weighted by molar-refractivity contribution is -0.0145. The Hall–Kier alpha value is -1.74. The summed E-state index contributed by atoms with van der Waals surface area (Å²) < 4.78 is 34.7. The van der Waals surface area contributed by atoms with Gasteiger partial charge in [0.15, 0.2) is 14.9 Å². The Morgan fingerprint density at radius 2 is 1.71 bits per heavy atom. The van der Waals surface area contributed by atoms with Crippen LogP contribution >= 0.6 is 0 Å². The fourth-order valence-corrected chi connectivity index (χ4v) is 4.62. The largest absolute Gasteiger partial charge is 0.444 e. The third-order valence-corrected chi connectivity index (χ3v) is 6.92. The number of likely N-dealkylation sites (tertiary alicyclic amines) is 1. The first-order valence-corrected chi connectivity index (χ1v) is 13.0. The van der Waals surface area contributed by atoms with Crippen LogP contribution in [-0.4, -0.2) is 67.0 Å². The Morgan fingerprint density at radius 3 is 2.23 bits per heavy atom. The predicted molar refractivity (Wildman–Crippen MR) is 117 cm³/mol. The van der Waals surface area contributed by atoms with Gasteiger partial charge in [-0.05, 0) is 65.2 Å². The van der Waals surface area contributed by atoms with Gasteiger partial charge in [-0.3, -0.25) is 4.98 Å². The number of ether oxygens (including phenoxy) is 2. The maximum Gasteiger partial charge on any atom is 0.410 e. The minimum atomic E-state index is -3.32. The van der Waals surface area contributed by atoms with E-state index < -0.39 is 15.4 Å². The number of aromatic nitrogens is 2. The predicted octanol–water partition coefficient (Wildman–Crippen LogP) is 3.57. The molecule has 2 aliphatic rings. The zero-order valence-electron chi connectivity index (χ0n) is 19.0. The van der Waals surface area contributed by atoms with Gasteiger partial charge >= 0.3 is 6.09 Å². The van der Waals surface area contributed by atoms with Gasteiger partial charge in [0.1, 0.15) is 5.60 Å². The van der Waals surface area contributed by atoms with Gasteiger partial charge in [-0.1, -0.05) is 0 Å². The first-order chi connectivity index (χ1) is 14.5. The lowest BCUT2D eigenvalue weighted by Gasteiger charge is -2.34. The smallest absolute Gasteiger partial charge is 0.410 e. The molecule has 2 fully saturated rings. The minimum Gasteiger partial charge on any atom is -0.444 e. The zero-order valence-corrected chi connectivity index (χ0v) is 19.9. The maximum absolute atomic E-state index is 12.2. The van der Waals surface area contributed by atoms with Crippen molar-refractivity contribution in [2.75, 3.05) is 26.0 Å². The topological polar surface area (TPSA) is 98.7 Å². The summed E-state index contributed by atoms with van der Waals surface area (Å²) in [5.41, 5.74) is 0.400. The number of hydrogen-bond donors (Lipinski definition) is 0. The SMILES string of the molecule is CC(C)(C)OC(=O)N1CCC(CO[C@H]2CC[C@H](c3cnc(S(C)(=O)=O)cn3)CC2)CC1. The van der Waals surface area contributed by atoms with Crippen molar-refractivity contribution in [3.05, 3.63) is 18.1 Å². The highest BCUT2D eigenvalue weighted by Crippen LogP contribution is 2.33. The maximum atomic E-state index is 12.2. The molecule has 0 atom stereocenters. The lowest BCUT2D eigenvalue weighted by Crippen LogP contribution is -2.42. The van der Waals surface area contributed by atoms with E-state index in [1.165, 1.54) is 6.20 Å². The van der Waals surface area contributed by atoms with Crippen LogP contribution in [0.15, 0.2) is 17.4 Å². The third kappa shape index (κ3) is 7.14. The number of carbonyl (C=O) groups is 1. The number of sulfone groups is 1. The first-order valence-electron chi connectivity index (χ1n) is 11.1. The van der Waals surface area contributed by atoms with E-state index in [0.29, 0.717) is 11.8 Å². The summed E-state index contributed by atoms with van der Waals surface area (Å²) in [7, 11) is -3.32. The molecule has 1 saturated carbocycles. The average molecular weight is 454 g/mol. The molecule has 0 unspecified atom stereocenters. The van der Waals surface area contributed by atoms with Crippen LogP contribution in [-0.2, 0) is 19.3 Å². The van der Waals surface area contributed by atoms with E-state index in [2.05, 4.69) is 9.97 Å². The fraction of sp³-hybridized carbons (Fsp3) is 0.773. The molecule has 174 valence electrons. The van der Waals surface area contributed by atoms with Gasteiger partial charge in [-0.2, -0.15) is 0 Å². The normalized spacial score (nSPS) is 23.5. The Bertz CT molecular complexity index is 835. The minimum absolute atomic E-state index is 0.0194. The molecule has 1 aliphatic heterocycles. The van der Waals surface area contributed by atoms with Gasteiger partial charge in [0.05, 0.1) is 24.2 Å². The van der Waals surface area contributed by atoms with E-state index in [-0.39, 0.29) is 17.2 Å². The molecule has 1 aromatic rings. The summed E-state index contributed by atoms with van der Waals surface area (Å²) in [5.74, 6) is 0.781. The van der Waals surface area contributed by atoms with Crippen molar-refractivity contribution in [1.82, 2.24) is 14.9 Å². The Kier molecular flexibility index (Phi) is 7.57. The van der Waals surface area contributed by atoms with E-state index >= 15 is 0 Å². The molecule has 9 heteroatoms. The van der Waals surface area contributed by atoms with Crippen LogP contribution in [0.5, 0.6) is 0 Å². The highest BCUT2D eigenvalue weighted by molar-refractivity contribution is 7.90. The molecular weight excluding hydrogens is 418 g/mol. The number of nitrogens with zero attached hydrogens (tertiary/aromatic N) is 3. The van der Waals surface area contributed by atoms with Crippen LogP contribution in [0.1, 0.15) is 70.9 Å². The second-order valence-electron chi connectivity index (χ2n) is 9.77. The van der Waals surface area contributed by atoms with E-state index in [4.69, 9.17) is 9.47 Å². The second-order valence-corrected chi connectivity index (χ2v) is 11.7. The fourth-order valence-electron chi connectivity index (χ4n) is 4.13. The summed E-state index contributed by atoms with van der Waals surface area (Å²) >= 11 is 0. The van der Waals surface area contributed by atoms with Crippen molar-refractivity contribution >= 4 is 15.9 Å². The van der Waals surface area contributed by atoms with Gasteiger partial charge in [-0.15, -0.1) is 0 Å². The summed E-state index contributed by atoms with van der Waals surface area (Å²) in [5, 5.41) is 0.0194. The van der Waals surface area contributed by atoms with Crippen molar-refractivity contribution in [2.45, 2.75) is 81.9 Å². The number of hydrogen-bond acceptors (Lipinski definition) is 7. The van der Waals surface area contributed by atoms with Gasteiger partial charge in [-0.25, -0.2) is 18.2 Å². The van der Waals surface area contributed by atoms with Crippen LogP contribution in [0.2, 0.25) is 0 Å². The molecule has 0 radical (unpaired) electrons. The molecule has 1 amide bonds. The van der Waals surface area contributed by atoms with E-state index in [9.17, 15) is 13.2 Å². The highest BCUT2D eigenvalue weighted by atomic mass is 32.2. The summed E-state index contributed by atoms with van der Waals surface area (Å²) in [6.07, 6.45) is 9.88. The Morgan fingerprint density at radius 1 is 1.06 bits per heavy atom. The van der Waals surface area contributed by atoms with Crippen LogP contribution in [0.25, 0.3) is 0 Å². The molecule has 2 heterocycles. The standard InChI is InChI=1S/C22H35N3O5S/c1-22(2,3)30-21(26)25-11-9-16(10-12-25)15-29-18-7-5-17(6-8-18)19-13-24-20(14-23-19)31(4,27)28/h13-14,16-18H,5-12,15H2,1-4H3/t17-,18-.